The van der Waals surface area contributed by atoms with Crippen LogP contribution in [0.1, 0.15) is 25.3 Å². The summed E-state index contributed by atoms with van der Waals surface area (Å²) in [5, 5.41) is 14.5. The van der Waals surface area contributed by atoms with Gasteiger partial charge in [0.2, 0.25) is 6.29 Å². The minimum atomic E-state index is -1.11. The zero-order valence-corrected chi connectivity index (χ0v) is 19.5. The maximum atomic E-state index is 12.0. The molecule has 34 heavy (non-hydrogen) atoms. The molecule has 3 atom stereocenters. The Morgan fingerprint density at radius 3 is 2.65 bits per heavy atom. The van der Waals surface area contributed by atoms with Gasteiger partial charge in [0, 0.05) is 46.0 Å². The fraction of sp³-hybridized carbons (Fsp3) is 0.571. The first-order valence-corrected chi connectivity index (χ1v) is 10.5. The summed E-state index contributed by atoms with van der Waals surface area (Å²) in [7, 11) is 4.52. The maximum absolute atomic E-state index is 12.0. The van der Waals surface area contributed by atoms with E-state index in [9.17, 15) is 24.5 Å². The number of nitrogens with zero attached hydrogens (tertiary/aromatic N) is 2. The molecule has 13 nitrogen and oxygen atoms in total. The van der Waals surface area contributed by atoms with Gasteiger partial charge in [-0.25, -0.2) is 9.59 Å². The van der Waals surface area contributed by atoms with E-state index in [1.165, 1.54) is 37.1 Å². The van der Waals surface area contributed by atoms with E-state index < -0.39 is 41.5 Å². The summed E-state index contributed by atoms with van der Waals surface area (Å²) in [5.41, 5.74) is -0.00544. The summed E-state index contributed by atoms with van der Waals surface area (Å²) in [4.78, 5) is 47.7. The van der Waals surface area contributed by atoms with Crippen molar-refractivity contribution < 1.29 is 43.0 Å². The van der Waals surface area contributed by atoms with Crippen molar-refractivity contribution >= 4 is 23.7 Å². The lowest BCUT2D eigenvalue weighted by Crippen LogP contribution is -2.44. The van der Waals surface area contributed by atoms with Crippen molar-refractivity contribution in [2.24, 2.45) is 0 Å². The second-order valence-electron chi connectivity index (χ2n) is 7.54. The summed E-state index contributed by atoms with van der Waals surface area (Å²) in [6.45, 7) is 2.07. The molecule has 1 fully saturated rings. The smallest absolute Gasteiger partial charge is 0.409 e. The van der Waals surface area contributed by atoms with E-state index in [0.29, 0.717) is 18.7 Å². The van der Waals surface area contributed by atoms with Gasteiger partial charge in [0.1, 0.15) is 12.7 Å². The number of rotatable bonds is 10. The molecule has 1 aliphatic rings. The molecule has 2 rings (SSSR count). The first-order valence-electron chi connectivity index (χ1n) is 10.5. The largest absolute Gasteiger partial charge is 0.467 e. The quantitative estimate of drug-likeness (QED) is 0.222. The zero-order valence-electron chi connectivity index (χ0n) is 19.5. The normalized spacial score (nSPS) is 19.6. The van der Waals surface area contributed by atoms with Gasteiger partial charge in [0.15, 0.2) is 11.9 Å². The predicted molar refractivity (Wildman–Crippen MR) is 116 cm³/mol. The van der Waals surface area contributed by atoms with E-state index in [1.807, 2.05) is 0 Å². The van der Waals surface area contributed by atoms with Crippen LogP contribution in [-0.2, 0) is 35.1 Å². The summed E-state index contributed by atoms with van der Waals surface area (Å²) in [6, 6.07) is 4.08. The molecule has 1 amide bonds. The number of likely N-dealkylation sites (N-methyl/N-ethyl adjacent to an activating group) is 2. The molecule has 0 aliphatic carbocycles. The number of nitro groups is 1. The number of nitrogens with one attached hydrogen (secondary N) is 1. The van der Waals surface area contributed by atoms with Crippen LogP contribution < -0.4 is 10.1 Å². The number of esters is 2. The highest BCUT2D eigenvalue weighted by molar-refractivity contribution is 5.75. The third-order valence-electron chi connectivity index (χ3n) is 4.89. The Hall–Kier alpha value is -3.45. The standard InChI is InChI=1S/C21H29N3O10/c1-13(25)32-15-10-18(20(26)30-4)34-19(11-15)33-17-6-5-14(9-16(17)24(28)29)12-31-21(27)23(3)8-7-22-2/h5-6,9,15,18-19,22H,7-8,10-12H2,1-4H3. The Labute approximate surface area is 196 Å². The second-order valence-corrected chi connectivity index (χ2v) is 7.54. The van der Waals surface area contributed by atoms with Crippen molar-refractivity contribution in [3.8, 4) is 5.75 Å². The van der Waals surface area contributed by atoms with Crippen LogP contribution in [0.3, 0.4) is 0 Å². The molecule has 1 aromatic rings. The fourth-order valence-corrected chi connectivity index (χ4v) is 3.20. The number of amides is 1. The minimum Gasteiger partial charge on any atom is -0.467 e. The molecule has 1 aliphatic heterocycles. The average molecular weight is 483 g/mol. The van der Waals surface area contributed by atoms with Crippen LogP contribution in [0.4, 0.5) is 10.5 Å². The van der Waals surface area contributed by atoms with Crippen molar-refractivity contribution in [1.29, 1.82) is 0 Å². The highest BCUT2D eigenvalue weighted by atomic mass is 16.7. The van der Waals surface area contributed by atoms with Crippen LogP contribution in [0.5, 0.6) is 5.75 Å². The van der Waals surface area contributed by atoms with Crippen molar-refractivity contribution in [3.05, 3.63) is 33.9 Å². The lowest BCUT2D eigenvalue weighted by Gasteiger charge is -2.33. The topological polar surface area (TPSA) is 156 Å². The Morgan fingerprint density at radius 2 is 2.03 bits per heavy atom. The Kier molecular flexibility index (Phi) is 10.0. The van der Waals surface area contributed by atoms with Gasteiger partial charge >= 0.3 is 23.7 Å². The van der Waals surface area contributed by atoms with Crippen LogP contribution in [0.15, 0.2) is 18.2 Å². The molecular weight excluding hydrogens is 454 g/mol. The second kappa shape index (κ2) is 12.7. The van der Waals surface area contributed by atoms with Crippen molar-refractivity contribution in [2.75, 3.05) is 34.3 Å². The highest BCUT2D eigenvalue weighted by Gasteiger charge is 2.38. The van der Waals surface area contributed by atoms with Crippen molar-refractivity contribution in [1.82, 2.24) is 10.2 Å². The van der Waals surface area contributed by atoms with E-state index in [-0.39, 0.29) is 30.9 Å². The van der Waals surface area contributed by atoms with Crippen molar-refractivity contribution in [2.45, 2.75) is 44.9 Å². The van der Waals surface area contributed by atoms with E-state index in [0.717, 1.165) is 0 Å². The Bertz CT molecular complexity index is 894. The van der Waals surface area contributed by atoms with Gasteiger partial charge in [-0.05, 0) is 18.7 Å². The molecule has 1 aromatic carbocycles. The molecule has 0 aromatic heterocycles. The van der Waals surface area contributed by atoms with Crippen LogP contribution in [-0.4, -0.2) is 80.6 Å². The van der Waals surface area contributed by atoms with Crippen LogP contribution in [0.2, 0.25) is 0 Å². The van der Waals surface area contributed by atoms with Gasteiger partial charge in [-0.3, -0.25) is 14.9 Å². The molecule has 3 unspecified atom stereocenters. The number of carbonyl (C=O) groups excluding carboxylic acids is 3. The van der Waals surface area contributed by atoms with Crippen LogP contribution in [0.25, 0.3) is 0 Å². The zero-order chi connectivity index (χ0) is 25.3. The Morgan fingerprint density at radius 1 is 1.29 bits per heavy atom. The van der Waals surface area contributed by atoms with Gasteiger partial charge in [0.05, 0.1) is 12.0 Å². The van der Waals surface area contributed by atoms with Crippen LogP contribution >= 0.6 is 0 Å². The molecule has 1 saturated heterocycles. The predicted octanol–water partition coefficient (Wildman–Crippen LogP) is 1.37. The first-order chi connectivity index (χ1) is 16.1. The SMILES string of the molecule is CNCCN(C)C(=O)OCc1ccc(OC2CC(OC(C)=O)CC(C(=O)OC)O2)c([N+](=O)[O-])c1. The lowest BCUT2D eigenvalue weighted by atomic mass is 10.0. The maximum Gasteiger partial charge on any atom is 0.409 e. The third kappa shape index (κ3) is 7.85. The van der Waals surface area contributed by atoms with E-state index >= 15 is 0 Å². The molecule has 188 valence electrons. The monoisotopic (exact) mass is 483 g/mol. The van der Waals surface area contributed by atoms with E-state index in [4.69, 9.17) is 18.9 Å². The van der Waals surface area contributed by atoms with E-state index in [2.05, 4.69) is 10.1 Å². The first kappa shape index (κ1) is 26.8. The molecule has 13 heteroatoms. The number of hydrogen-bond acceptors (Lipinski definition) is 11. The third-order valence-corrected chi connectivity index (χ3v) is 4.89. The number of carbonyl (C=O) groups is 3. The van der Waals surface area contributed by atoms with Crippen molar-refractivity contribution in [3.63, 3.8) is 0 Å². The molecular formula is C21H29N3O10. The number of hydrogen-bond donors (Lipinski definition) is 1. The van der Waals surface area contributed by atoms with Gasteiger partial charge in [-0.15, -0.1) is 0 Å². The number of methoxy groups -OCH3 is 1. The number of benzene rings is 1. The van der Waals surface area contributed by atoms with Gasteiger partial charge in [-0.1, -0.05) is 6.07 Å². The summed E-state index contributed by atoms with van der Waals surface area (Å²) in [6.07, 6.45) is -3.31. The molecule has 0 radical (unpaired) electrons. The Balaban J connectivity index is 2.12. The van der Waals surface area contributed by atoms with Crippen LogP contribution in [0, 0.1) is 10.1 Å². The minimum absolute atomic E-state index is 0.0581. The highest BCUT2D eigenvalue weighted by Crippen LogP contribution is 2.32. The summed E-state index contributed by atoms with van der Waals surface area (Å²) in [5.74, 6) is -1.35. The lowest BCUT2D eigenvalue weighted by molar-refractivity contribution is -0.386. The number of nitro benzene ring substituents is 1. The van der Waals surface area contributed by atoms with Gasteiger partial charge in [0.25, 0.3) is 0 Å². The fourth-order valence-electron chi connectivity index (χ4n) is 3.20. The van der Waals surface area contributed by atoms with Gasteiger partial charge in [-0.2, -0.15) is 0 Å². The summed E-state index contributed by atoms with van der Waals surface area (Å²) < 4.78 is 26.3. The van der Waals surface area contributed by atoms with Gasteiger partial charge < -0.3 is 33.9 Å². The molecule has 0 saturated carbocycles. The molecule has 1 heterocycles. The number of ether oxygens (including phenoxy) is 5. The molecule has 0 bridgehead atoms. The summed E-state index contributed by atoms with van der Waals surface area (Å²) >= 11 is 0. The molecule has 1 N–H and O–H groups in total. The molecule has 0 spiro atoms. The average Bonchev–Trinajstić information content (AvgIpc) is 2.80. The van der Waals surface area contributed by atoms with E-state index in [1.54, 1.807) is 14.1 Å².